The summed E-state index contributed by atoms with van der Waals surface area (Å²) in [7, 11) is 0. The van der Waals surface area contributed by atoms with Crippen LogP contribution in [0.4, 0.5) is 0 Å². The Balaban J connectivity index is 3.46. The summed E-state index contributed by atoms with van der Waals surface area (Å²) in [6.45, 7) is 6.31. The highest BCUT2D eigenvalue weighted by molar-refractivity contribution is 4.94. The van der Waals surface area contributed by atoms with Crippen molar-refractivity contribution in [1.82, 2.24) is 0 Å². The van der Waals surface area contributed by atoms with Crippen LogP contribution in [0.5, 0.6) is 0 Å². The fraction of sp³-hybridized carbons (Fsp3) is 0.750. The topological polar surface area (TPSA) is 20.2 Å². The highest BCUT2D eigenvalue weighted by Crippen LogP contribution is 2.08. The van der Waals surface area contributed by atoms with Crippen LogP contribution in [0.25, 0.3) is 0 Å². The third kappa shape index (κ3) is 5.23. The minimum Gasteiger partial charge on any atom is -0.462 e. The monoisotopic (exact) mass is 126 g/mol. The molecule has 0 amide bonds. The summed E-state index contributed by atoms with van der Waals surface area (Å²) in [6, 6.07) is 0. The maximum atomic E-state index is 8.19. The van der Waals surface area contributed by atoms with Gasteiger partial charge >= 0.3 is 0 Å². The van der Waals surface area contributed by atoms with E-state index in [-0.39, 0.29) is 0 Å². The van der Waals surface area contributed by atoms with Gasteiger partial charge in [-0.25, -0.2) is 0 Å². The Labute approximate surface area is 57.1 Å². The van der Waals surface area contributed by atoms with Crippen molar-refractivity contribution in [3.8, 4) is 12.0 Å². The predicted molar refractivity (Wildman–Crippen MR) is 38.3 cm³/mol. The van der Waals surface area contributed by atoms with Crippen molar-refractivity contribution in [1.29, 1.82) is 0 Å². The summed E-state index contributed by atoms with van der Waals surface area (Å²) >= 11 is 0. The quantitative estimate of drug-likeness (QED) is 0.561. The zero-order valence-electron chi connectivity index (χ0n) is 6.31. The Kier molecular flexibility index (Phi) is 3.96. The lowest BCUT2D eigenvalue weighted by Crippen LogP contribution is -1.96. The zero-order chi connectivity index (χ0) is 7.28. The summed E-state index contributed by atoms with van der Waals surface area (Å²) in [5.41, 5.74) is 0. The standard InChI is InChI=1S/C8H14O/c1-7(2)6-8(3)4-5-9/h7-9H,6H2,1-3H3. The van der Waals surface area contributed by atoms with Crippen LogP contribution in [0, 0.1) is 23.9 Å². The van der Waals surface area contributed by atoms with E-state index in [1.165, 1.54) is 0 Å². The second-order valence-corrected chi connectivity index (χ2v) is 2.79. The molecule has 0 aromatic heterocycles. The Bertz CT molecular complexity index is 116. The number of rotatable bonds is 2. The largest absolute Gasteiger partial charge is 0.462 e. The molecule has 9 heavy (non-hydrogen) atoms. The smallest absolute Gasteiger partial charge is 0.107 e. The van der Waals surface area contributed by atoms with Gasteiger partial charge in [0, 0.05) is 5.92 Å². The third-order valence-corrected chi connectivity index (χ3v) is 1.14. The van der Waals surface area contributed by atoms with Crippen molar-refractivity contribution < 1.29 is 5.11 Å². The van der Waals surface area contributed by atoms with Crippen LogP contribution in [-0.4, -0.2) is 5.11 Å². The van der Waals surface area contributed by atoms with E-state index < -0.39 is 0 Å². The van der Waals surface area contributed by atoms with Gasteiger partial charge in [-0.05, 0) is 12.3 Å². The van der Waals surface area contributed by atoms with Crippen LogP contribution >= 0.6 is 0 Å². The van der Waals surface area contributed by atoms with E-state index in [1.807, 2.05) is 13.0 Å². The van der Waals surface area contributed by atoms with E-state index in [2.05, 4.69) is 19.8 Å². The molecule has 0 fully saturated rings. The van der Waals surface area contributed by atoms with Crippen molar-refractivity contribution in [2.45, 2.75) is 27.2 Å². The Morgan fingerprint density at radius 2 is 1.89 bits per heavy atom. The number of hydrogen-bond acceptors (Lipinski definition) is 1. The highest BCUT2D eigenvalue weighted by Gasteiger charge is 1.99. The lowest BCUT2D eigenvalue weighted by molar-refractivity contribution is 0.493. The first-order valence-corrected chi connectivity index (χ1v) is 3.31. The van der Waals surface area contributed by atoms with Gasteiger partial charge in [0.2, 0.25) is 0 Å². The molecule has 0 aliphatic heterocycles. The average Bonchev–Trinajstić information content (AvgIpc) is 1.63. The SMILES string of the molecule is CC(C)CC(C)C#CO. The molecular weight excluding hydrogens is 112 g/mol. The van der Waals surface area contributed by atoms with E-state index in [0.717, 1.165) is 6.42 Å². The van der Waals surface area contributed by atoms with E-state index in [4.69, 9.17) is 5.11 Å². The van der Waals surface area contributed by atoms with Gasteiger partial charge in [-0.15, -0.1) is 0 Å². The summed E-state index contributed by atoms with van der Waals surface area (Å²) < 4.78 is 0. The molecule has 1 atom stereocenters. The van der Waals surface area contributed by atoms with Gasteiger partial charge < -0.3 is 5.11 Å². The first kappa shape index (κ1) is 8.36. The second-order valence-electron chi connectivity index (χ2n) is 2.79. The van der Waals surface area contributed by atoms with E-state index in [9.17, 15) is 0 Å². The van der Waals surface area contributed by atoms with Gasteiger partial charge in [0.15, 0.2) is 0 Å². The molecule has 0 rings (SSSR count). The molecule has 0 aromatic rings. The van der Waals surface area contributed by atoms with E-state index in [0.29, 0.717) is 11.8 Å². The number of hydrogen-bond donors (Lipinski definition) is 1. The van der Waals surface area contributed by atoms with Crippen LogP contribution in [0.2, 0.25) is 0 Å². The molecule has 0 saturated carbocycles. The van der Waals surface area contributed by atoms with Crippen LogP contribution in [0.15, 0.2) is 0 Å². The van der Waals surface area contributed by atoms with Gasteiger partial charge in [0.05, 0.1) is 0 Å². The average molecular weight is 126 g/mol. The van der Waals surface area contributed by atoms with E-state index in [1.54, 1.807) is 0 Å². The maximum absolute atomic E-state index is 8.19. The third-order valence-electron chi connectivity index (χ3n) is 1.14. The van der Waals surface area contributed by atoms with Crippen molar-refractivity contribution in [2.75, 3.05) is 0 Å². The maximum Gasteiger partial charge on any atom is 0.107 e. The lowest BCUT2D eigenvalue weighted by Gasteiger charge is -2.04. The lowest BCUT2D eigenvalue weighted by atomic mass is 10.00. The minimum absolute atomic E-state index is 0.329. The molecule has 1 nitrogen and oxygen atoms in total. The van der Waals surface area contributed by atoms with Gasteiger partial charge in [-0.1, -0.05) is 26.7 Å². The molecule has 0 radical (unpaired) electrons. The number of aliphatic hydroxyl groups is 1. The summed E-state index contributed by atoms with van der Waals surface area (Å²) in [4.78, 5) is 0. The number of aliphatic hydroxyl groups excluding tert-OH is 1. The first-order chi connectivity index (χ1) is 4.16. The van der Waals surface area contributed by atoms with Crippen LogP contribution < -0.4 is 0 Å². The molecule has 0 spiro atoms. The molecule has 1 N–H and O–H groups in total. The summed E-state index contributed by atoms with van der Waals surface area (Å²) in [5, 5.41) is 8.19. The van der Waals surface area contributed by atoms with Crippen molar-refractivity contribution >= 4 is 0 Å². The van der Waals surface area contributed by atoms with E-state index >= 15 is 0 Å². The van der Waals surface area contributed by atoms with Gasteiger partial charge in [-0.2, -0.15) is 0 Å². The summed E-state index contributed by atoms with van der Waals surface area (Å²) in [5.74, 6) is 3.68. The van der Waals surface area contributed by atoms with Gasteiger partial charge in [0.1, 0.15) is 6.11 Å². The highest BCUT2D eigenvalue weighted by atomic mass is 16.2. The van der Waals surface area contributed by atoms with Crippen molar-refractivity contribution in [3.05, 3.63) is 0 Å². The van der Waals surface area contributed by atoms with Crippen molar-refractivity contribution in [2.24, 2.45) is 11.8 Å². The normalized spacial score (nSPS) is 12.4. The Morgan fingerprint density at radius 3 is 2.22 bits per heavy atom. The predicted octanol–water partition coefficient (Wildman–Crippen LogP) is 2.00. The molecule has 0 aliphatic rings. The van der Waals surface area contributed by atoms with Gasteiger partial charge in [-0.3, -0.25) is 0 Å². The van der Waals surface area contributed by atoms with Crippen LogP contribution in [-0.2, 0) is 0 Å². The molecule has 0 heterocycles. The molecule has 52 valence electrons. The fourth-order valence-corrected chi connectivity index (χ4v) is 0.876. The molecule has 0 saturated heterocycles. The molecule has 0 aliphatic carbocycles. The molecule has 0 bridgehead atoms. The van der Waals surface area contributed by atoms with Crippen LogP contribution in [0.3, 0.4) is 0 Å². The Morgan fingerprint density at radius 1 is 1.33 bits per heavy atom. The van der Waals surface area contributed by atoms with Crippen molar-refractivity contribution in [3.63, 3.8) is 0 Å². The molecule has 1 heteroatoms. The molecule has 0 aromatic carbocycles. The van der Waals surface area contributed by atoms with Gasteiger partial charge in [0.25, 0.3) is 0 Å². The summed E-state index contributed by atoms with van der Waals surface area (Å²) in [6.07, 6.45) is 2.99. The van der Waals surface area contributed by atoms with Crippen LogP contribution in [0.1, 0.15) is 27.2 Å². The fourth-order valence-electron chi connectivity index (χ4n) is 0.876. The Hall–Kier alpha value is -0.640. The second kappa shape index (κ2) is 4.26. The first-order valence-electron chi connectivity index (χ1n) is 3.31. The zero-order valence-corrected chi connectivity index (χ0v) is 6.31. The molecular formula is C8H14O. The molecule has 1 unspecified atom stereocenters. The minimum atomic E-state index is 0.329.